The fourth-order valence-electron chi connectivity index (χ4n) is 4.11. The first-order valence-electron chi connectivity index (χ1n) is 6.90. The predicted molar refractivity (Wildman–Crippen MR) is 69.7 cm³/mol. The van der Waals surface area contributed by atoms with Crippen molar-refractivity contribution in [1.29, 1.82) is 0 Å². The predicted octanol–water partition coefficient (Wildman–Crippen LogP) is 1.93. The number of rotatable bonds is 4. The van der Waals surface area contributed by atoms with Gasteiger partial charge < -0.3 is 10.6 Å². The van der Waals surface area contributed by atoms with E-state index < -0.39 is 0 Å². The Labute approximate surface area is 105 Å². The fourth-order valence-corrected chi connectivity index (χ4v) is 4.11. The van der Waals surface area contributed by atoms with Gasteiger partial charge in [-0.15, -0.1) is 0 Å². The van der Waals surface area contributed by atoms with Crippen molar-refractivity contribution in [1.82, 2.24) is 10.6 Å². The van der Waals surface area contributed by atoms with Crippen molar-refractivity contribution in [3.63, 3.8) is 0 Å². The average Bonchev–Trinajstić information content (AvgIpc) is 2.73. The van der Waals surface area contributed by atoms with Gasteiger partial charge in [0.05, 0.1) is 6.54 Å². The summed E-state index contributed by atoms with van der Waals surface area (Å²) in [6.45, 7) is 10.3. The van der Waals surface area contributed by atoms with Crippen LogP contribution >= 0.6 is 0 Å². The summed E-state index contributed by atoms with van der Waals surface area (Å²) in [5, 5.41) is 6.37. The van der Waals surface area contributed by atoms with Crippen LogP contribution in [-0.4, -0.2) is 25.0 Å². The number of fused-ring (bicyclic) bond motifs is 2. The van der Waals surface area contributed by atoms with Crippen LogP contribution in [0.2, 0.25) is 0 Å². The lowest BCUT2D eigenvalue weighted by atomic mass is 9.68. The molecule has 3 atom stereocenters. The van der Waals surface area contributed by atoms with E-state index in [1.807, 2.05) is 6.92 Å². The Hall–Kier alpha value is -0.570. The molecule has 2 fully saturated rings. The van der Waals surface area contributed by atoms with Crippen LogP contribution in [0.25, 0.3) is 0 Å². The van der Waals surface area contributed by atoms with E-state index >= 15 is 0 Å². The molecule has 1 amide bonds. The molecule has 3 heteroatoms. The lowest BCUT2D eigenvalue weighted by Crippen LogP contribution is -2.54. The summed E-state index contributed by atoms with van der Waals surface area (Å²) in [4.78, 5) is 11.9. The van der Waals surface area contributed by atoms with Crippen molar-refractivity contribution in [3.8, 4) is 0 Å². The van der Waals surface area contributed by atoms with Crippen LogP contribution in [0.4, 0.5) is 0 Å². The Morgan fingerprint density at radius 2 is 2.06 bits per heavy atom. The van der Waals surface area contributed by atoms with E-state index in [2.05, 4.69) is 31.4 Å². The second-order valence-corrected chi connectivity index (χ2v) is 6.70. The first kappa shape index (κ1) is 12.9. The molecule has 98 valence electrons. The number of amides is 1. The fraction of sp³-hybridized carbons (Fsp3) is 0.929. The zero-order chi connectivity index (χ0) is 12.7. The second-order valence-electron chi connectivity index (χ2n) is 6.70. The van der Waals surface area contributed by atoms with Gasteiger partial charge in [0.2, 0.25) is 5.91 Å². The lowest BCUT2D eigenvalue weighted by molar-refractivity contribution is -0.123. The van der Waals surface area contributed by atoms with E-state index in [4.69, 9.17) is 0 Å². The molecule has 2 saturated carbocycles. The van der Waals surface area contributed by atoms with Crippen LogP contribution in [0.5, 0.6) is 0 Å². The van der Waals surface area contributed by atoms with Gasteiger partial charge in [0.25, 0.3) is 0 Å². The van der Waals surface area contributed by atoms with E-state index in [1.54, 1.807) is 0 Å². The molecule has 3 nitrogen and oxygen atoms in total. The van der Waals surface area contributed by atoms with Crippen LogP contribution in [-0.2, 0) is 4.79 Å². The van der Waals surface area contributed by atoms with Crippen LogP contribution in [0, 0.1) is 16.7 Å². The van der Waals surface area contributed by atoms with Gasteiger partial charge >= 0.3 is 0 Å². The van der Waals surface area contributed by atoms with E-state index in [-0.39, 0.29) is 11.3 Å². The molecule has 0 spiro atoms. The largest absolute Gasteiger partial charge is 0.351 e. The van der Waals surface area contributed by atoms with Crippen LogP contribution < -0.4 is 10.6 Å². The van der Waals surface area contributed by atoms with Gasteiger partial charge in [-0.1, -0.05) is 27.7 Å². The van der Waals surface area contributed by atoms with Crippen molar-refractivity contribution in [2.45, 2.75) is 53.0 Å². The highest BCUT2D eigenvalue weighted by molar-refractivity contribution is 5.78. The smallest absolute Gasteiger partial charge is 0.234 e. The molecule has 0 aromatic rings. The molecule has 0 saturated heterocycles. The summed E-state index contributed by atoms with van der Waals surface area (Å²) in [5.41, 5.74) is 0.588. The molecule has 2 N–H and O–H groups in total. The SMILES string of the molecule is CCNCC(=O)NC1C2(C)CCC(C2)C1(C)C. The maximum absolute atomic E-state index is 11.9. The summed E-state index contributed by atoms with van der Waals surface area (Å²) < 4.78 is 0. The highest BCUT2D eigenvalue weighted by Crippen LogP contribution is 2.62. The van der Waals surface area contributed by atoms with Gasteiger partial charge in [-0.3, -0.25) is 4.79 Å². The van der Waals surface area contributed by atoms with E-state index in [0.29, 0.717) is 18.0 Å². The zero-order valence-corrected chi connectivity index (χ0v) is 11.6. The Morgan fingerprint density at radius 1 is 1.35 bits per heavy atom. The van der Waals surface area contributed by atoms with Crippen molar-refractivity contribution >= 4 is 5.91 Å². The molecule has 3 unspecified atom stereocenters. The monoisotopic (exact) mass is 238 g/mol. The highest BCUT2D eigenvalue weighted by atomic mass is 16.2. The van der Waals surface area contributed by atoms with Crippen LogP contribution in [0.3, 0.4) is 0 Å². The van der Waals surface area contributed by atoms with Crippen LogP contribution in [0.15, 0.2) is 0 Å². The Morgan fingerprint density at radius 3 is 2.59 bits per heavy atom. The third-order valence-electron chi connectivity index (χ3n) is 5.11. The summed E-state index contributed by atoms with van der Waals surface area (Å²) in [6.07, 6.45) is 3.89. The van der Waals surface area contributed by atoms with Crippen LogP contribution in [0.1, 0.15) is 47.0 Å². The maximum Gasteiger partial charge on any atom is 0.234 e. The quantitative estimate of drug-likeness (QED) is 0.786. The second kappa shape index (κ2) is 4.27. The molecule has 0 aromatic carbocycles. The third kappa shape index (κ3) is 2.10. The molecule has 17 heavy (non-hydrogen) atoms. The van der Waals surface area contributed by atoms with Gasteiger partial charge in [-0.05, 0) is 42.6 Å². The van der Waals surface area contributed by atoms with E-state index in [1.165, 1.54) is 19.3 Å². The van der Waals surface area contributed by atoms with Gasteiger partial charge in [0.15, 0.2) is 0 Å². The van der Waals surface area contributed by atoms with Gasteiger partial charge in [-0.2, -0.15) is 0 Å². The molecule has 0 radical (unpaired) electrons. The van der Waals surface area contributed by atoms with Gasteiger partial charge in [0.1, 0.15) is 0 Å². The summed E-state index contributed by atoms with van der Waals surface area (Å²) in [6, 6.07) is 0.347. The van der Waals surface area contributed by atoms with E-state index in [9.17, 15) is 4.79 Å². The molecule has 2 aliphatic rings. The van der Waals surface area contributed by atoms with Crippen molar-refractivity contribution in [2.75, 3.05) is 13.1 Å². The minimum Gasteiger partial charge on any atom is -0.351 e. The molecular weight excluding hydrogens is 212 g/mol. The Balaban J connectivity index is 2.02. The normalized spacial score (nSPS) is 38.4. The standard InChI is InChI=1S/C14H26N2O/c1-5-15-9-11(17)16-12-13(2,3)10-6-7-14(12,4)8-10/h10,12,15H,5-9H2,1-4H3,(H,16,17). The minimum absolute atomic E-state index is 0.152. The average molecular weight is 238 g/mol. The molecule has 2 rings (SSSR count). The highest BCUT2D eigenvalue weighted by Gasteiger charge is 2.59. The molecule has 2 aliphatic carbocycles. The molecule has 0 aromatic heterocycles. The number of hydrogen-bond acceptors (Lipinski definition) is 2. The lowest BCUT2D eigenvalue weighted by Gasteiger charge is -2.43. The van der Waals surface area contributed by atoms with E-state index in [0.717, 1.165) is 12.5 Å². The third-order valence-corrected chi connectivity index (χ3v) is 5.11. The Kier molecular flexibility index (Phi) is 3.23. The van der Waals surface area contributed by atoms with Crippen molar-refractivity contribution < 1.29 is 4.79 Å². The molecule has 0 aliphatic heterocycles. The van der Waals surface area contributed by atoms with Crippen molar-refractivity contribution in [3.05, 3.63) is 0 Å². The summed E-state index contributed by atoms with van der Waals surface area (Å²) >= 11 is 0. The summed E-state index contributed by atoms with van der Waals surface area (Å²) in [7, 11) is 0. The number of likely N-dealkylation sites (N-methyl/N-ethyl adjacent to an activating group) is 1. The minimum atomic E-state index is 0.152. The van der Waals surface area contributed by atoms with Crippen molar-refractivity contribution in [2.24, 2.45) is 16.7 Å². The molecule has 0 heterocycles. The van der Waals surface area contributed by atoms with Gasteiger partial charge in [0, 0.05) is 6.04 Å². The first-order chi connectivity index (χ1) is 7.90. The zero-order valence-electron chi connectivity index (χ0n) is 11.6. The number of hydrogen-bond donors (Lipinski definition) is 2. The number of carbonyl (C=O) groups is 1. The van der Waals surface area contributed by atoms with Gasteiger partial charge in [-0.25, -0.2) is 0 Å². The summed E-state index contributed by atoms with van der Waals surface area (Å²) in [5.74, 6) is 0.940. The number of carbonyl (C=O) groups excluding carboxylic acids is 1. The Bertz CT molecular complexity index is 309. The first-order valence-corrected chi connectivity index (χ1v) is 6.90. The maximum atomic E-state index is 11.9. The topological polar surface area (TPSA) is 41.1 Å². The molecule has 2 bridgehead atoms. The number of nitrogens with one attached hydrogen (secondary N) is 2. The molecular formula is C14H26N2O.